The number of nitrogens with zero attached hydrogens (tertiary/aromatic N) is 3. The van der Waals surface area contributed by atoms with Crippen molar-refractivity contribution in [1.82, 2.24) is 14.8 Å². The molecule has 0 spiro atoms. The van der Waals surface area contributed by atoms with Gasteiger partial charge in [0, 0.05) is 36.3 Å². The largest absolute Gasteiger partial charge is 0.334 e. The van der Waals surface area contributed by atoms with E-state index in [-0.39, 0.29) is 17.5 Å². The van der Waals surface area contributed by atoms with Crippen LogP contribution in [0.4, 0.5) is 4.39 Å². The zero-order chi connectivity index (χ0) is 20.5. The third-order valence-corrected chi connectivity index (χ3v) is 6.43. The molecule has 3 aromatic rings. The van der Waals surface area contributed by atoms with Gasteiger partial charge in [-0.1, -0.05) is 24.3 Å². The summed E-state index contributed by atoms with van der Waals surface area (Å²) in [6.45, 7) is 3.85. The second kappa shape index (κ2) is 8.15. The second-order valence-electron chi connectivity index (χ2n) is 8.41. The fraction of sp³-hybridized carbons (Fsp3) is 0.360. The fourth-order valence-electron chi connectivity index (χ4n) is 4.81. The Morgan fingerprint density at radius 1 is 1.00 bits per heavy atom. The minimum atomic E-state index is -0.461. The molecule has 2 aromatic carbocycles. The number of aromatic nitrogens is 1. The van der Waals surface area contributed by atoms with Crippen molar-refractivity contribution in [1.29, 1.82) is 0 Å². The standard InChI is InChI=1S/C25H26FN3O/c26-23-15-18(20-14-19-6-1-2-8-24(19)27-16-20)9-10-22(23)25(30)29-13-5-7-21(29)17-28-11-3-4-12-28/h1-2,6,8-10,14-16,21H,3-5,7,11-13,17H2. The van der Waals surface area contributed by atoms with Crippen LogP contribution < -0.4 is 0 Å². The Morgan fingerprint density at radius 3 is 2.67 bits per heavy atom. The lowest BCUT2D eigenvalue weighted by Crippen LogP contribution is -2.42. The number of amides is 1. The lowest BCUT2D eigenvalue weighted by atomic mass is 10.0. The smallest absolute Gasteiger partial charge is 0.257 e. The summed E-state index contributed by atoms with van der Waals surface area (Å²) in [4.78, 5) is 21.9. The van der Waals surface area contributed by atoms with Gasteiger partial charge >= 0.3 is 0 Å². The van der Waals surface area contributed by atoms with Gasteiger partial charge in [-0.05, 0) is 68.6 Å². The number of likely N-dealkylation sites (tertiary alicyclic amines) is 2. The van der Waals surface area contributed by atoms with Gasteiger partial charge in [-0.15, -0.1) is 0 Å². The Hall–Kier alpha value is -2.79. The molecule has 1 unspecified atom stereocenters. The lowest BCUT2D eigenvalue weighted by Gasteiger charge is -2.28. The molecule has 4 nitrogen and oxygen atoms in total. The molecule has 1 atom stereocenters. The molecule has 154 valence electrons. The number of hydrogen-bond acceptors (Lipinski definition) is 3. The minimum Gasteiger partial charge on any atom is -0.334 e. The van der Waals surface area contributed by atoms with Gasteiger partial charge in [0.1, 0.15) is 5.82 Å². The Bertz CT molecular complexity index is 1080. The zero-order valence-corrected chi connectivity index (χ0v) is 17.1. The number of fused-ring (bicyclic) bond motifs is 1. The van der Waals surface area contributed by atoms with Crippen LogP contribution in [0.5, 0.6) is 0 Å². The first-order valence-electron chi connectivity index (χ1n) is 10.9. The van der Waals surface area contributed by atoms with E-state index < -0.39 is 5.82 Å². The summed E-state index contributed by atoms with van der Waals surface area (Å²) in [6.07, 6.45) is 6.23. The maximum Gasteiger partial charge on any atom is 0.257 e. The van der Waals surface area contributed by atoms with Gasteiger partial charge in [0.15, 0.2) is 0 Å². The quantitative estimate of drug-likeness (QED) is 0.631. The predicted octanol–water partition coefficient (Wildman–Crippen LogP) is 4.74. The summed E-state index contributed by atoms with van der Waals surface area (Å²) in [5, 5.41) is 1.01. The molecule has 1 amide bonds. The molecular weight excluding hydrogens is 377 g/mol. The normalized spacial score (nSPS) is 19.6. The van der Waals surface area contributed by atoms with Gasteiger partial charge in [0.25, 0.3) is 5.91 Å². The van der Waals surface area contributed by atoms with Gasteiger partial charge in [0.2, 0.25) is 0 Å². The van der Waals surface area contributed by atoms with E-state index in [9.17, 15) is 4.79 Å². The van der Waals surface area contributed by atoms with Crippen molar-refractivity contribution in [3.05, 3.63) is 66.1 Å². The SMILES string of the molecule is O=C(c1ccc(-c2cnc3ccccc3c2)cc1F)N1CCCC1CN1CCCC1. The molecule has 0 bridgehead atoms. The van der Waals surface area contributed by atoms with Crippen LogP contribution in [-0.2, 0) is 0 Å². The molecule has 0 saturated carbocycles. The van der Waals surface area contributed by atoms with E-state index in [1.165, 1.54) is 18.9 Å². The first kappa shape index (κ1) is 19.2. The summed E-state index contributed by atoms with van der Waals surface area (Å²) >= 11 is 0. The Balaban J connectivity index is 1.37. The molecule has 3 heterocycles. The van der Waals surface area contributed by atoms with E-state index in [1.54, 1.807) is 12.3 Å². The van der Waals surface area contributed by atoms with E-state index in [0.29, 0.717) is 6.54 Å². The predicted molar refractivity (Wildman–Crippen MR) is 117 cm³/mol. The average Bonchev–Trinajstić information content (AvgIpc) is 3.45. The van der Waals surface area contributed by atoms with E-state index in [2.05, 4.69) is 9.88 Å². The highest BCUT2D eigenvalue weighted by Crippen LogP contribution is 2.27. The van der Waals surface area contributed by atoms with Crippen molar-refractivity contribution in [3.63, 3.8) is 0 Å². The van der Waals surface area contributed by atoms with Crippen molar-refractivity contribution in [2.24, 2.45) is 0 Å². The van der Waals surface area contributed by atoms with E-state index in [0.717, 1.165) is 54.5 Å². The summed E-state index contributed by atoms with van der Waals surface area (Å²) in [7, 11) is 0. The number of carbonyl (C=O) groups is 1. The first-order valence-corrected chi connectivity index (χ1v) is 10.9. The molecule has 0 N–H and O–H groups in total. The Kier molecular flexibility index (Phi) is 5.21. The molecule has 2 aliphatic rings. The number of carbonyl (C=O) groups excluding carboxylic acids is 1. The van der Waals surface area contributed by atoms with Crippen molar-refractivity contribution in [3.8, 4) is 11.1 Å². The number of para-hydroxylation sites is 1. The highest BCUT2D eigenvalue weighted by Gasteiger charge is 2.32. The maximum absolute atomic E-state index is 15.0. The third kappa shape index (κ3) is 3.70. The number of hydrogen-bond donors (Lipinski definition) is 0. The summed E-state index contributed by atoms with van der Waals surface area (Å²) in [5.74, 6) is -0.644. The van der Waals surface area contributed by atoms with E-state index in [1.807, 2.05) is 41.3 Å². The zero-order valence-electron chi connectivity index (χ0n) is 17.1. The molecule has 2 fully saturated rings. The summed E-state index contributed by atoms with van der Waals surface area (Å²) in [6, 6.07) is 15.0. The van der Waals surface area contributed by atoms with Crippen LogP contribution in [0.2, 0.25) is 0 Å². The highest BCUT2D eigenvalue weighted by molar-refractivity contribution is 5.95. The number of rotatable bonds is 4. The Morgan fingerprint density at radius 2 is 1.83 bits per heavy atom. The van der Waals surface area contributed by atoms with Crippen molar-refractivity contribution >= 4 is 16.8 Å². The third-order valence-electron chi connectivity index (χ3n) is 6.43. The summed E-state index contributed by atoms with van der Waals surface area (Å²) < 4.78 is 15.0. The van der Waals surface area contributed by atoms with Crippen LogP contribution in [-0.4, -0.2) is 52.9 Å². The average molecular weight is 404 g/mol. The molecule has 5 rings (SSSR count). The molecule has 1 aromatic heterocycles. The highest BCUT2D eigenvalue weighted by atomic mass is 19.1. The number of pyridine rings is 1. The first-order chi connectivity index (χ1) is 14.7. The van der Waals surface area contributed by atoms with Gasteiger partial charge in [-0.25, -0.2) is 4.39 Å². The fourth-order valence-corrected chi connectivity index (χ4v) is 4.81. The minimum absolute atomic E-state index is 0.167. The number of benzene rings is 2. The van der Waals surface area contributed by atoms with E-state index >= 15 is 4.39 Å². The molecule has 30 heavy (non-hydrogen) atoms. The van der Waals surface area contributed by atoms with E-state index in [4.69, 9.17) is 0 Å². The van der Waals surface area contributed by atoms with Crippen molar-refractivity contribution in [2.45, 2.75) is 31.7 Å². The molecule has 0 aliphatic carbocycles. The molecule has 2 saturated heterocycles. The van der Waals surface area contributed by atoms with Crippen LogP contribution in [0.15, 0.2) is 54.7 Å². The van der Waals surface area contributed by atoms with Gasteiger partial charge in [-0.3, -0.25) is 9.78 Å². The lowest BCUT2D eigenvalue weighted by molar-refractivity contribution is 0.0704. The van der Waals surface area contributed by atoms with Crippen molar-refractivity contribution in [2.75, 3.05) is 26.2 Å². The van der Waals surface area contributed by atoms with Crippen LogP contribution in [0, 0.1) is 5.82 Å². The second-order valence-corrected chi connectivity index (χ2v) is 8.41. The molecular formula is C25H26FN3O. The van der Waals surface area contributed by atoms with Crippen LogP contribution in [0.3, 0.4) is 0 Å². The molecule has 0 radical (unpaired) electrons. The maximum atomic E-state index is 15.0. The molecule has 5 heteroatoms. The van der Waals surface area contributed by atoms with Crippen LogP contribution in [0.1, 0.15) is 36.0 Å². The Labute approximate surface area is 176 Å². The number of halogens is 1. The topological polar surface area (TPSA) is 36.4 Å². The summed E-state index contributed by atoms with van der Waals surface area (Å²) in [5.41, 5.74) is 2.66. The monoisotopic (exact) mass is 403 g/mol. The van der Waals surface area contributed by atoms with Gasteiger partial charge in [0.05, 0.1) is 11.1 Å². The van der Waals surface area contributed by atoms with Gasteiger partial charge < -0.3 is 9.80 Å². The van der Waals surface area contributed by atoms with Gasteiger partial charge in [-0.2, -0.15) is 0 Å². The van der Waals surface area contributed by atoms with Crippen LogP contribution >= 0.6 is 0 Å². The molecule has 2 aliphatic heterocycles. The van der Waals surface area contributed by atoms with Crippen LogP contribution in [0.25, 0.3) is 22.0 Å². The van der Waals surface area contributed by atoms with Crippen molar-refractivity contribution < 1.29 is 9.18 Å².